The van der Waals surface area contributed by atoms with E-state index in [4.69, 9.17) is 5.73 Å². The highest BCUT2D eigenvalue weighted by atomic mass is 79.9. The van der Waals surface area contributed by atoms with Crippen LogP contribution in [-0.4, -0.2) is 29.8 Å². The molecule has 1 aromatic carbocycles. The second-order valence-corrected chi connectivity index (χ2v) is 8.05. The highest BCUT2D eigenvalue weighted by molar-refractivity contribution is 9.10. The third kappa shape index (κ3) is 3.44. The first-order valence-electron chi connectivity index (χ1n) is 8.29. The van der Waals surface area contributed by atoms with E-state index in [0.717, 1.165) is 28.8 Å². The molecular weight excluding hydrogens is 356 g/mol. The highest BCUT2D eigenvalue weighted by Gasteiger charge is 2.51. The van der Waals surface area contributed by atoms with Gasteiger partial charge in [-0.15, -0.1) is 0 Å². The minimum absolute atomic E-state index is 0.0100. The Morgan fingerprint density at radius 3 is 2.52 bits per heavy atom. The van der Waals surface area contributed by atoms with E-state index in [1.54, 1.807) is 4.90 Å². The maximum absolute atomic E-state index is 12.3. The molecule has 0 atom stereocenters. The van der Waals surface area contributed by atoms with Gasteiger partial charge < -0.3 is 10.6 Å². The van der Waals surface area contributed by atoms with Crippen molar-refractivity contribution in [1.29, 1.82) is 0 Å². The number of halogens is 1. The van der Waals surface area contributed by atoms with Crippen molar-refractivity contribution in [3.63, 3.8) is 0 Å². The second kappa shape index (κ2) is 6.27. The summed E-state index contributed by atoms with van der Waals surface area (Å²) >= 11 is 3.45. The van der Waals surface area contributed by atoms with E-state index < -0.39 is 5.91 Å². The van der Waals surface area contributed by atoms with Gasteiger partial charge in [-0.3, -0.25) is 9.59 Å². The van der Waals surface area contributed by atoms with Crippen LogP contribution in [0.15, 0.2) is 22.7 Å². The van der Waals surface area contributed by atoms with Crippen LogP contribution in [0.25, 0.3) is 0 Å². The Kier molecular flexibility index (Phi) is 4.50. The van der Waals surface area contributed by atoms with Crippen LogP contribution in [-0.2, 0) is 10.2 Å². The van der Waals surface area contributed by atoms with Gasteiger partial charge in [-0.25, -0.2) is 0 Å². The topological polar surface area (TPSA) is 63.4 Å². The summed E-state index contributed by atoms with van der Waals surface area (Å²) in [6, 6.07) is 5.72. The quantitative estimate of drug-likeness (QED) is 0.858. The standard InChI is InChI=1S/C13H13BrN2O2.C5H10/c14-8-1-2-9-10(5-8)13(3-4-13)7-16(12(9)18)6-11(15)17;1-5-3-2-4-5/h1-2,5H,3-4,6-7H2,(H2,15,17);5H,2-4H2,1H3. The number of carbonyl (C=O) groups is 2. The monoisotopic (exact) mass is 378 g/mol. The average Bonchev–Trinajstić information content (AvgIpc) is 3.23. The molecule has 2 N–H and O–H groups in total. The molecule has 2 amide bonds. The zero-order chi connectivity index (χ0) is 16.6. The van der Waals surface area contributed by atoms with E-state index in [1.165, 1.54) is 19.3 Å². The van der Waals surface area contributed by atoms with Crippen molar-refractivity contribution >= 4 is 27.7 Å². The summed E-state index contributed by atoms with van der Waals surface area (Å²) in [6.07, 6.45) is 6.60. The molecule has 1 aliphatic heterocycles. The zero-order valence-corrected chi connectivity index (χ0v) is 15.1. The van der Waals surface area contributed by atoms with Gasteiger partial charge in [-0.05, 0) is 42.5 Å². The minimum Gasteiger partial charge on any atom is -0.368 e. The number of benzene rings is 1. The molecule has 2 aliphatic carbocycles. The number of rotatable bonds is 2. The van der Waals surface area contributed by atoms with Crippen molar-refractivity contribution < 1.29 is 9.59 Å². The molecule has 5 heteroatoms. The number of primary amides is 1. The smallest absolute Gasteiger partial charge is 0.254 e. The lowest BCUT2D eigenvalue weighted by Gasteiger charge is -2.34. The molecule has 1 aromatic rings. The van der Waals surface area contributed by atoms with Crippen LogP contribution in [0.2, 0.25) is 0 Å². The van der Waals surface area contributed by atoms with Crippen LogP contribution >= 0.6 is 15.9 Å². The summed E-state index contributed by atoms with van der Waals surface area (Å²) in [4.78, 5) is 24.9. The molecule has 0 saturated heterocycles. The molecule has 4 rings (SSSR count). The molecule has 0 aromatic heterocycles. The van der Waals surface area contributed by atoms with Gasteiger partial charge in [-0.1, -0.05) is 42.1 Å². The molecule has 3 aliphatic rings. The maximum atomic E-state index is 12.3. The summed E-state index contributed by atoms with van der Waals surface area (Å²) in [6.45, 7) is 2.93. The Bertz CT molecular complexity index is 636. The van der Waals surface area contributed by atoms with Crippen LogP contribution in [0.1, 0.15) is 54.9 Å². The zero-order valence-electron chi connectivity index (χ0n) is 13.5. The van der Waals surface area contributed by atoms with Gasteiger partial charge in [0, 0.05) is 22.0 Å². The fourth-order valence-corrected chi connectivity index (χ4v) is 3.70. The van der Waals surface area contributed by atoms with E-state index in [-0.39, 0.29) is 17.9 Å². The molecule has 0 radical (unpaired) electrons. The largest absolute Gasteiger partial charge is 0.368 e. The van der Waals surface area contributed by atoms with Crippen molar-refractivity contribution in [1.82, 2.24) is 4.90 Å². The predicted octanol–water partition coefficient (Wildman–Crippen LogP) is 3.23. The van der Waals surface area contributed by atoms with Gasteiger partial charge in [-0.2, -0.15) is 0 Å². The summed E-state index contributed by atoms with van der Waals surface area (Å²) in [5, 5.41) is 0. The molecular formula is C18H23BrN2O2. The molecule has 0 unspecified atom stereocenters. The molecule has 2 saturated carbocycles. The molecule has 1 spiro atoms. The number of nitrogens with zero attached hydrogens (tertiary/aromatic N) is 1. The van der Waals surface area contributed by atoms with Crippen LogP contribution in [0.3, 0.4) is 0 Å². The van der Waals surface area contributed by atoms with Gasteiger partial charge in [0.25, 0.3) is 5.91 Å². The van der Waals surface area contributed by atoms with E-state index in [0.29, 0.717) is 12.1 Å². The van der Waals surface area contributed by atoms with Crippen LogP contribution in [0.4, 0.5) is 0 Å². The summed E-state index contributed by atoms with van der Waals surface area (Å²) < 4.78 is 0.990. The first-order valence-corrected chi connectivity index (χ1v) is 9.08. The van der Waals surface area contributed by atoms with Crippen molar-refractivity contribution in [2.24, 2.45) is 11.7 Å². The van der Waals surface area contributed by atoms with E-state index >= 15 is 0 Å². The Hall–Kier alpha value is -1.36. The number of hydrogen-bond donors (Lipinski definition) is 1. The van der Waals surface area contributed by atoms with Gasteiger partial charge >= 0.3 is 0 Å². The van der Waals surface area contributed by atoms with E-state index in [2.05, 4.69) is 22.9 Å². The Labute approximate surface area is 145 Å². The normalized spacial score (nSPS) is 21.1. The van der Waals surface area contributed by atoms with Crippen LogP contribution in [0, 0.1) is 5.92 Å². The molecule has 23 heavy (non-hydrogen) atoms. The number of amides is 2. The molecule has 1 heterocycles. The Morgan fingerprint density at radius 2 is 2.04 bits per heavy atom. The first-order chi connectivity index (χ1) is 10.9. The molecule has 4 nitrogen and oxygen atoms in total. The van der Waals surface area contributed by atoms with Crippen molar-refractivity contribution in [2.75, 3.05) is 13.1 Å². The molecule has 0 bridgehead atoms. The fraction of sp³-hybridized carbons (Fsp3) is 0.556. The van der Waals surface area contributed by atoms with Gasteiger partial charge in [0.1, 0.15) is 0 Å². The van der Waals surface area contributed by atoms with Crippen molar-refractivity contribution in [2.45, 2.75) is 44.4 Å². The van der Waals surface area contributed by atoms with Crippen molar-refractivity contribution in [3.8, 4) is 0 Å². The first kappa shape index (κ1) is 16.5. The lowest BCUT2D eigenvalue weighted by molar-refractivity contribution is -0.118. The van der Waals surface area contributed by atoms with Crippen LogP contribution in [0.5, 0.6) is 0 Å². The third-order valence-corrected chi connectivity index (χ3v) is 5.65. The summed E-state index contributed by atoms with van der Waals surface area (Å²) in [7, 11) is 0. The Morgan fingerprint density at radius 1 is 1.39 bits per heavy atom. The average molecular weight is 379 g/mol. The molecule has 124 valence electrons. The van der Waals surface area contributed by atoms with Crippen LogP contribution < -0.4 is 5.73 Å². The van der Waals surface area contributed by atoms with E-state index in [9.17, 15) is 9.59 Å². The third-order valence-electron chi connectivity index (χ3n) is 5.16. The lowest BCUT2D eigenvalue weighted by Crippen LogP contribution is -2.47. The fourth-order valence-electron chi connectivity index (χ4n) is 3.34. The summed E-state index contributed by atoms with van der Waals surface area (Å²) in [5.74, 6) is 0.517. The van der Waals surface area contributed by atoms with Gasteiger partial charge in [0.15, 0.2) is 0 Å². The van der Waals surface area contributed by atoms with E-state index in [1.807, 2.05) is 18.2 Å². The maximum Gasteiger partial charge on any atom is 0.254 e. The number of carbonyl (C=O) groups excluding carboxylic acids is 2. The van der Waals surface area contributed by atoms with Gasteiger partial charge in [0.05, 0.1) is 6.54 Å². The SMILES string of the molecule is CC1CCC1.NC(=O)CN1CC2(CC2)c2cc(Br)ccc2C1=O. The number of hydrogen-bond acceptors (Lipinski definition) is 2. The summed E-state index contributed by atoms with van der Waals surface area (Å²) in [5.41, 5.74) is 7.08. The predicted molar refractivity (Wildman–Crippen MR) is 93.2 cm³/mol. The highest BCUT2D eigenvalue weighted by Crippen LogP contribution is 2.52. The minimum atomic E-state index is -0.459. The number of fused-ring (bicyclic) bond motifs is 2. The lowest BCUT2D eigenvalue weighted by atomic mass is 9.86. The molecule has 2 fully saturated rings. The Balaban J connectivity index is 0.000000267. The number of nitrogens with two attached hydrogens (primary N) is 1. The van der Waals surface area contributed by atoms with Gasteiger partial charge in [0.2, 0.25) is 5.91 Å². The van der Waals surface area contributed by atoms with Crippen molar-refractivity contribution in [3.05, 3.63) is 33.8 Å². The second-order valence-electron chi connectivity index (χ2n) is 7.13.